The summed E-state index contributed by atoms with van der Waals surface area (Å²) >= 11 is 9.28. The van der Waals surface area contributed by atoms with E-state index in [1.54, 1.807) is 18.2 Å². The Bertz CT molecular complexity index is 548. The molecular weight excluding hydrogens is 316 g/mol. The molecule has 0 unspecified atom stereocenters. The summed E-state index contributed by atoms with van der Waals surface area (Å²) in [6, 6.07) is 11.0. The predicted octanol–water partition coefficient (Wildman–Crippen LogP) is 4.72. The number of hydrogen-bond acceptors (Lipinski definition) is 3. The van der Waals surface area contributed by atoms with E-state index in [0.717, 1.165) is 16.8 Å². The van der Waals surface area contributed by atoms with Gasteiger partial charge in [-0.05, 0) is 47.1 Å². The van der Waals surface area contributed by atoms with Gasteiger partial charge in [-0.1, -0.05) is 17.7 Å². The van der Waals surface area contributed by atoms with Gasteiger partial charge in [-0.2, -0.15) is 4.98 Å². The van der Waals surface area contributed by atoms with Crippen molar-refractivity contribution < 1.29 is 4.74 Å². The van der Waals surface area contributed by atoms with E-state index in [1.807, 2.05) is 25.1 Å². The molecule has 18 heavy (non-hydrogen) atoms. The molecule has 1 heterocycles. The fourth-order valence-electron chi connectivity index (χ4n) is 1.42. The van der Waals surface area contributed by atoms with Gasteiger partial charge in [0.15, 0.2) is 0 Å². The second-order valence-corrected chi connectivity index (χ2v) is 4.86. The smallest absolute Gasteiger partial charge is 0.221 e. The monoisotopic (exact) mass is 326 g/mol. The number of aromatic nitrogens is 1. The summed E-state index contributed by atoms with van der Waals surface area (Å²) in [5, 5.41) is 3.79. The van der Waals surface area contributed by atoms with Gasteiger partial charge < -0.3 is 10.1 Å². The van der Waals surface area contributed by atoms with Crippen molar-refractivity contribution in [2.75, 3.05) is 11.9 Å². The summed E-state index contributed by atoms with van der Waals surface area (Å²) in [5.41, 5.74) is 0. The lowest BCUT2D eigenvalue weighted by molar-refractivity contribution is 0.461. The zero-order chi connectivity index (χ0) is 13.0. The van der Waals surface area contributed by atoms with E-state index in [2.05, 4.69) is 26.2 Å². The summed E-state index contributed by atoms with van der Waals surface area (Å²) < 4.78 is 6.49. The summed E-state index contributed by atoms with van der Waals surface area (Å²) in [5.74, 6) is 2.01. The molecule has 0 spiro atoms. The number of nitrogens with one attached hydrogen (secondary N) is 1. The fraction of sp³-hybridized carbons (Fsp3) is 0.154. The molecule has 1 aromatic carbocycles. The van der Waals surface area contributed by atoms with Gasteiger partial charge >= 0.3 is 0 Å². The molecule has 0 saturated heterocycles. The molecule has 1 aromatic heterocycles. The van der Waals surface area contributed by atoms with Crippen molar-refractivity contribution in [2.24, 2.45) is 0 Å². The van der Waals surface area contributed by atoms with Crippen LogP contribution in [0.1, 0.15) is 6.92 Å². The van der Waals surface area contributed by atoms with E-state index < -0.39 is 0 Å². The van der Waals surface area contributed by atoms with Crippen molar-refractivity contribution in [3.63, 3.8) is 0 Å². The van der Waals surface area contributed by atoms with Crippen LogP contribution in [0.2, 0.25) is 5.02 Å². The Morgan fingerprint density at radius 3 is 2.89 bits per heavy atom. The van der Waals surface area contributed by atoms with Gasteiger partial charge in [-0.3, -0.25) is 0 Å². The second-order valence-electron chi connectivity index (χ2n) is 3.57. The standard InChI is InChI=1S/C13H12BrClN2O/c1-2-16-12-4-3-5-13(17-12)18-11-7-6-9(15)8-10(11)14/h3-8H,2H2,1H3,(H,16,17). The Balaban J connectivity index is 2.20. The molecule has 0 amide bonds. The zero-order valence-corrected chi connectivity index (χ0v) is 12.1. The third-order valence-electron chi connectivity index (χ3n) is 2.19. The first-order valence-corrected chi connectivity index (χ1v) is 6.70. The first-order chi connectivity index (χ1) is 8.69. The highest BCUT2D eigenvalue weighted by Gasteiger charge is 2.05. The van der Waals surface area contributed by atoms with Crippen LogP contribution in [0.3, 0.4) is 0 Å². The molecule has 0 aliphatic rings. The average molecular weight is 328 g/mol. The van der Waals surface area contributed by atoms with E-state index >= 15 is 0 Å². The minimum Gasteiger partial charge on any atom is -0.438 e. The van der Waals surface area contributed by atoms with Gasteiger partial charge in [0.25, 0.3) is 0 Å². The maximum atomic E-state index is 5.88. The minimum atomic E-state index is 0.538. The van der Waals surface area contributed by atoms with Crippen LogP contribution in [0.15, 0.2) is 40.9 Å². The number of pyridine rings is 1. The van der Waals surface area contributed by atoms with E-state index in [0.29, 0.717) is 16.7 Å². The van der Waals surface area contributed by atoms with E-state index in [-0.39, 0.29) is 0 Å². The Kier molecular flexibility index (Phi) is 4.44. The molecule has 0 aliphatic heterocycles. The molecule has 3 nitrogen and oxygen atoms in total. The Morgan fingerprint density at radius 1 is 1.33 bits per heavy atom. The highest BCUT2D eigenvalue weighted by Crippen LogP contribution is 2.31. The van der Waals surface area contributed by atoms with Gasteiger partial charge in [-0.25, -0.2) is 0 Å². The maximum Gasteiger partial charge on any atom is 0.221 e. The molecular formula is C13H12BrClN2O. The van der Waals surface area contributed by atoms with Crippen LogP contribution < -0.4 is 10.1 Å². The van der Waals surface area contributed by atoms with Crippen molar-refractivity contribution in [3.8, 4) is 11.6 Å². The van der Waals surface area contributed by atoms with E-state index in [1.165, 1.54) is 0 Å². The molecule has 0 atom stereocenters. The Morgan fingerprint density at radius 2 is 2.17 bits per heavy atom. The summed E-state index contributed by atoms with van der Waals surface area (Å²) in [7, 11) is 0. The van der Waals surface area contributed by atoms with E-state index in [4.69, 9.17) is 16.3 Å². The largest absolute Gasteiger partial charge is 0.438 e. The number of ether oxygens (including phenoxy) is 1. The Labute approximate surface area is 119 Å². The zero-order valence-electron chi connectivity index (χ0n) is 9.78. The normalized spacial score (nSPS) is 10.2. The lowest BCUT2D eigenvalue weighted by Crippen LogP contribution is -1.99. The number of anilines is 1. The number of hydrogen-bond donors (Lipinski definition) is 1. The third kappa shape index (κ3) is 3.37. The number of nitrogens with zero attached hydrogens (tertiary/aromatic N) is 1. The van der Waals surface area contributed by atoms with Gasteiger partial charge in [0.2, 0.25) is 5.88 Å². The summed E-state index contributed by atoms with van der Waals surface area (Å²) in [4.78, 5) is 4.33. The second kappa shape index (κ2) is 6.07. The molecule has 5 heteroatoms. The molecule has 0 bridgehead atoms. The van der Waals surface area contributed by atoms with Crippen LogP contribution in [-0.4, -0.2) is 11.5 Å². The summed E-state index contributed by atoms with van der Waals surface area (Å²) in [6.07, 6.45) is 0. The van der Waals surface area contributed by atoms with E-state index in [9.17, 15) is 0 Å². The Hall–Kier alpha value is -1.26. The van der Waals surface area contributed by atoms with Crippen molar-refractivity contribution in [1.29, 1.82) is 0 Å². The third-order valence-corrected chi connectivity index (χ3v) is 3.04. The van der Waals surface area contributed by atoms with Crippen LogP contribution in [0, 0.1) is 0 Å². The number of rotatable bonds is 4. The predicted molar refractivity (Wildman–Crippen MR) is 77.6 cm³/mol. The molecule has 2 aromatic rings. The number of halogens is 2. The lowest BCUT2D eigenvalue weighted by Gasteiger charge is -2.08. The molecule has 0 aliphatic carbocycles. The molecule has 0 fully saturated rings. The lowest BCUT2D eigenvalue weighted by atomic mass is 10.3. The van der Waals surface area contributed by atoms with Crippen molar-refractivity contribution >= 4 is 33.3 Å². The summed E-state index contributed by atoms with van der Waals surface area (Å²) in [6.45, 7) is 2.84. The van der Waals surface area contributed by atoms with Crippen molar-refractivity contribution in [1.82, 2.24) is 4.98 Å². The van der Waals surface area contributed by atoms with Crippen LogP contribution in [0.5, 0.6) is 11.6 Å². The highest BCUT2D eigenvalue weighted by atomic mass is 79.9. The molecule has 1 N–H and O–H groups in total. The minimum absolute atomic E-state index is 0.538. The topological polar surface area (TPSA) is 34.1 Å². The number of benzene rings is 1. The van der Waals surface area contributed by atoms with Crippen LogP contribution in [0.25, 0.3) is 0 Å². The molecule has 0 saturated carbocycles. The average Bonchev–Trinajstić information content (AvgIpc) is 2.34. The van der Waals surface area contributed by atoms with Gasteiger partial charge in [0.05, 0.1) is 4.47 Å². The maximum absolute atomic E-state index is 5.88. The van der Waals surface area contributed by atoms with Crippen LogP contribution >= 0.6 is 27.5 Å². The van der Waals surface area contributed by atoms with Gasteiger partial charge in [0.1, 0.15) is 11.6 Å². The molecule has 2 rings (SSSR count). The molecule has 0 radical (unpaired) electrons. The van der Waals surface area contributed by atoms with Crippen molar-refractivity contribution in [2.45, 2.75) is 6.92 Å². The van der Waals surface area contributed by atoms with Gasteiger partial charge in [-0.15, -0.1) is 0 Å². The first-order valence-electron chi connectivity index (χ1n) is 5.53. The fourth-order valence-corrected chi connectivity index (χ4v) is 2.19. The quantitative estimate of drug-likeness (QED) is 0.882. The SMILES string of the molecule is CCNc1cccc(Oc2ccc(Cl)cc2Br)n1. The van der Waals surface area contributed by atoms with Gasteiger partial charge in [0, 0.05) is 17.6 Å². The molecule has 94 valence electrons. The van der Waals surface area contributed by atoms with Crippen LogP contribution in [-0.2, 0) is 0 Å². The van der Waals surface area contributed by atoms with Crippen molar-refractivity contribution in [3.05, 3.63) is 45.9 Å². The van der Waals surface area contributed by atoms with Crippen LogP contribution in [0.4, 0.5) is 5.82 Å². The first kappa shape index (κ1) is 13.2. The highest BCUT2D eigenvalue weighted by molar-refractivity contribution is 9.10.